The Morgan fingerprint density at radius 3 is 2.82 bits per heavy atom. The van der Waals surface area contributed by atoms with E-state index < -0.39 is 11.6 Å². The standard InChI is InChI=1S/C20H14ClN3O4/c1-23-10-14(9-22-23)24-16-7-13(21)4-5-15(16)20(19(24)27)8-12-3-2-11(18(25)26)6-17(12)28-20/h2-7,9-10H,8H2,1H3,(H,25,26). The minimum absolute atomic E-state index is 0.113. The molecule has 1 spiro atoms. The molecule has 0 bridgehead atoms. The zero-order valence-corrected chi connectivity index (χ0v) is 15.5. The molecule has 2 aliphatic heterocycles. The van der Waals surface area contributed by atoms with Gasteiger partial charge in [-0.05, 0) is 29.8 Å². The smallest absolute Gasteiger partial charge is 0.335 e. The van der Waals surface area contributed by atoms with Crippen LogP contribution in [-0.4, -0.2) is 26.8 Å². The maximum Gasteiger partial charge on any atom is 0.335 e. The van der Waals surface area contributed by atoms with Crippen LogP contribution in [-0.2, 0) is 23.9 Å². The van der Waals surface area contributed by atoms with Gasteiger partial charge in [-0.15, -0.1) is 0 Å². The van der Waals surface area contributed by atoms with E-state index in [1.54, 1.807) is 53.3 Å². The quantitative estimate of drug-likeness (QED) is 0.719. The number of carboxylic acid groups (broad SMARTS) is 1. The van der Waals surface area contributed by atoms with Crippen LogP contribution in [0.2, 0.25) is 5.02 Å². The molecule has 3 heterocycles. The molecular weight excluding hydrogens is 382 g/mol. The van der Waals surface area contributed by atoms with E-state index in [1.165, 1.54) is 12.1 Å². The Balaban J connectivity index is 1.67. The van der Waals surface area contributed by atoms with Gasteiger partial charge < -0.3 is 9.84 Å². The van der Waals surface area contributed by atoms with Crippen molar-refractivity contribution in [2.45, 2.75) is 12.0 Å². The van der Waals surface area contributed by atoms with Gasteiger partial charge in [-0.3, -0.25) is 14.4 Å². The first-order valence-corrected chi connectivity index (χ1v) is 8.95. The van der Waals surface area contributed by atoms with Crippen LogP contribution < -0.4 is 9.64 Å². The molecule has 0 fully saturated rings. The molecule has 1 N–H and O–H groups in total. The number of aryl methyl sites for hydroxylation is 1. The van der Waals surface area contributed by atoms with Crippen molar-refractivity contribution in [2.75, 3.05) is 4.90 Å². The second-order valence-corrected chi connectivity index (χ2v) is 7.34. The molecule has 28 heavy (non-hydrogen) atoms. The number of rotatable bonds is 2. The Hall–Kier alpha value is -3.32. The van der Waals surface area contributed by atoms with Crippen molar-refractivity contribution in [3.05, 3.63) is 70.5 Å². The molecule has 0 radical (unpaired) electrons. The summed E-state index contributed by atoms with van der Waals surface area (Å²) in [5, 5.41) is 13.9. The molecule has 1 aromatic heterocycles. The first-order chi connectivity index (χ1) is 13.4. The number of benzene rings is 2. The number of anilines is 2. The molecule has 0 saturated carbocycles. The van der Waals surface area contributed by atoms with Crippen LogP contribution in [0.15, 0.2) is 48.8 Å². The summed E-state index contributed by atoms with van der Waals surface area (Å²) in [4.78, 5) is 26.5. The Kier molecular flexibility index (Phi) is 3.36. The zero-order valence-electron chi connectivity index (χ0n) is 14.7. The van der Waals surface area contributed by atoms with Gasteiger partial charge in [0.15, 0.2) is 0 Å². The highest BCUT2D eigenvalue weighted by Gasteiger charge is 2.57. The third kappa shape index (κ3) is 2.20. The van der Waals surface area contributed by atoms with Gasteiger partial charge in [0.05, 0.1) is 23.1 Å². The molecule has 1 atom stereocenters. The van der Waals surface area contributed by atoms with E-state index in [9.17, 15) is 14.7 Å². The van der Waals surface area contributed by atoms with E-state index in [0.717, 1.165) is 5.56 Å². The van der Waals surface area contributed by atoms with Crippen LogP contribution in [0.25, 0.3) is 0 Å². The summed E-state index contributed by atoms with van der Waals surface area (Å²) in [6, 6.07) is 9.91. The molecule has 2 aliphatic rings. The highest BCUT2D eigenvalue weighted by molar-refractivity contribution is 6.31. The average molecular weight is 396 g/mol. The van der Waals surface area contributed by atoms with Gasteiger partial charge in [0.25, 0.3) is 5.91 Å². The van der Waals surface area contributed by atoms with Crippen molar-refractivity contribution in [3.63, 3.8) is 0 Å². The Morgan fingerprint density at radius 2 is 2.11 bits per heavy atom. The van der Waals surface area contributed by atoms with Crippen LogP contribution in [0.5, 0.6) is 5.75 Å². The number of nitrogens with zero attached hydrogens (tertiary/aromatic N) is 3. The first kappa shape index (κ1) is 16.8. The topological polar surface area (TPSA) is 84.7 Å². The molecule has 140 valence electrons. The Bertz CT molecular complexity index is 1170. The summed E-state index contributed by atoms with van der Waals surface area (Å²) < 4.78 is 7.77. The molecule has 0 aliphatic carbocycles. The van der Waals surface area contributed by atoms with E-state index in [2.05, 4.69) is 5.10 Å². The number of amides is 1. The van der Waals surface area contributed by atoms with E-state index in [0.29, 0.717) is 34.1 Å². The Labute approximate surface area is 164 Å². The summed E-state index contributed by atoms with van der Waals surface area (Å²) in [5.74, 6) is -0.901. The molecular formula is C20H14ClN3O4. The number of ether oxygens (including phenoxy) is 1. The van der Waals surface area contributed by atoms with Gasteiger partial charge in [0, 0.05) is 30.3 Å². The molecule has 5 rings (SSSR count). The van der Waals surface area contributed by atoms with Gasteiger partial charge in [0.2, 0.25) is 5.60 Å². The molecule has 1 unspecified atom stereocenters. The number of hydrogen-bond acceptors (Lipinski definition) is 4. The van der Waals surface area contributed by atoms with Gasteiger partial charge >= 0.3 is 5.97 Å². The van der Waals surface area contributed by atoms with E-state index >= 15 is 0 Å². The van der Waals surface area contributed by atoms with Gasteiger partial charge in [0.1, 0.15) is 5.75 Å². The number of hydrogen-bond donors (Lipinski definition) is 1. The summed E-state index contributed by atoms with van der Waals surface area (Å²) in [6.07, 6.45) is 3.66. The van der Waals surface area contributed by atoms with E-state index in [4.69, 9.17) is 16.3 Å². The predicted molar refractivity (Wildman–Crippen MR) is 101 cm³/mol. The molecule has 8 heteroatoms. The second-order valence-electron chi connectivity index (χ2n) is 6.91. The first-order valence-electron chi connectivity index (χ1n) is 8.57. The number of carbonyl (C=O) groups excluding carboxylic acids is 1. The van der Waals surface area contributed by atoms with Crippen LogP contribution in [0, 0.1) is 0 Å². The van der Waals surface area contributed by atoms with Crippen molar-refractivity contribution in [1.82, 2.24) is 9.78 Å². The van der Waals surface area contributed by atoms with Crippen LogP contribution in [0.3, 0.4) is 0 Å². The lowest BCUT2D eigenvalue weighted by Gasteiger charge is -2.23. The lowest BCUT2D eigenvalue weighted by Crippen LogP contribution is -2.42. The van der Waals surface area contributed by atoms with Crippen molar-refractivity contribution in [2.24, 2.45) is 7.05 Å². The third-order valence-corrected chi connectivity index (χ3v) is 5.41. The monoisotopic (exact) mass is 395 g/mol. The maximum atomic E-state index is 13.6. The predicted octanol–water partition coefficient (Wildman–Crippen LogP) is 3.28. The molecule has 3 aromatic rings. The summed E-state index contributed by atoms with van der Waals surface area (Å²) in [7, 11) is 1.77. The normalized spacial score (nSPS) is 19.6. The fraction of sp³-hybridized carbons (Fsp3) is 0.150. The van der Waals surface area contributed by atoms with Crippen LogP contribution in [0.4, 0.5) is 11.4 Å². The summed E-state index contributed by atoms with van der Waals surface area (Å²) in [6.45, 7) is 0. The SMILES string of the molecule is Cn1cc(N2C(=O)C3(Cc4ccc(C(=O)O)cc4O3)c3ccc(Cl)cc32)cn1. The van der Waals surface area contributed by atoms with Crippen molar-refractivity contribution >= 4 is 34.9 Å². The molecule has 1 amide bonds. The molecule has 2 aromatic carbocycles. The molecule has 7 nitrogen and oxygen atoms in total. The van der Waals surface area contributed by atoms with E-state index in [-0.39, 0.29) is 11.5 Å². The van der Waals surface area contributed by atoms with Crippen LogP contribution >= 0.6 is 11.6 Å². The second kappa shape index (κ2) is 5.59. The fourth-order valence-corrected chi connectivity index (χ4v) is 4.07. The third-order valence-electron chi connectivity index (χ3n) is 5.17. The van der Waals surface area contributed by atoms with Gasteiger partial charge in [-0.2, -0.15) is 5.10 Å². The van der Waals surface area contributed by atoms with Crippen LogP contribution in [0.1, 0.15) is 21.5 Å². The van der Waals surface area contributed by atoms with Crippen molar-refractivity contribution in [1.29, 1.82) is 0 Å². The Morgan fingerprint density at radius 1 is 1.29 bits per heavy atom. The lowest BCUT2D eigenvalue weighted by atomic mass is 9.90. The maximum absolute atomic E-state index is 13.6. The lowest BCUT2D eigenvalue weighted by molar-refractivity contribution is -0.131. The minimum atomic E-state index is -1.25. The zero-order chi connectivity index (χ0) is 19.6. The average Bonchev–Trinajstić information content (AvgIpc) is 3.30. The van der Waals surface area contributed by atoms with Crippen molar-refractivity contribution < 1.29 is 19.4 Å². The van der Waals surface area contributed by atoms with Gasteiger partial charge in [-0.1, -0.05) is 23.7 Å². The van der Waals surface area contributed by atoms with Crippen molar-refractivity contribution in [3.8, 4) is 5.75 Å². The van der Waals surface area contributed by atoms with E-state index in [1.807, 2.05) is 0 Å². The largest absolute Gasteiger partial charge is 0.478 e. The fourth-order valence-electron chi connectivity index (χ4n) is 3.91. The summed E-state index contributed by atoms with van der Waals surface area (Å²) in [5.41, 5.74) is 1.58. The van der Waals surface area contributed by atoms with Gasteiger partial charge in [-0.25, -0.2) is 4.79 Å². The number of fused-ring (bicyclic) bond motifs is 3. The number of carboxylic acids is 1. The highest BCUT2D eigenvalue weighted by atomic mass is 35.5. The summed E-state index contributed by atoms with van der Waals surface area (Å²) >= 11 is 6.20. The number of halogens is 1. The number of carbonyl (C=O) groups is 2. The minimum Gasteiger partial charge on any atom is -0.478 e. The number of aromatic nitrogens is 2. The number of aromatic carboxylic acids is 1. The molecule has 0 saturated heterocycles. The highest BCUT2D eigenvalue weighted by Crippen LogP contribution is 2.52.